The molecule has 3 nitrogen and oxygen atoms in total. The molecule has 0 heterocycles. The predicted molar refractivity (Wildman–Crippen MR) is 115 cm³/mol. The lowest BCUT2D eigenvalue weighted by Crippen LogP contribution is -2.30. The fourth-order valence-electron chi connectivity index (χ4n) is 3.43. The maximum absolute atomic E-state index is 6.13. The normalized spacial score (nSPS) is 12.0. The molecule has 0 saturated carbocycles. The van der Waals surface area contributed by atoms with Crippen molar-refractivity contribution in [1.29, 1.82) is 0 Å². The Morgan fingerprint density at radius 1 is 0.786 bits per heavy atom. The van der Waals surface area contributed by atoms with Crippen molar-refractivity contribution in [3.63, 3.8) is 0 Å². The smallest absolute Gasteiger partial charge is 0.122 e. The predicted octanol–water partition coefficient (Wildman–Crippen LogP) is 5.06. The first-order valence-electron chi connectivity index (χ1n) is 9.76. The molecule has 0 aromatic heterocycles. The molecule has 0 N–H and O–H groups in total. The molecule has 0 aliphatic rings. The van der Waals surface area contributed by atoms with Crippen LogP contribution in [0.4, 0.5) is 0 Å². The molecule has 3 aromatic rings. The van der Waals surface area contributed by atoms with Crippen molar-refractivity contribution in [2.24, 2.45) is 5.92 Å². The van der Waals surface area contributed by atoms with Gasteiger partial charge < -0.3 is 14.4 Å². The fourth-order valence-corrected chi connectivity index (χ4v) is 3.43. The molecule has 0 bridgehead atoms. The minimum atomic E-state index is 0.391. The van der Waals surface area contributed by atoms with Crippen LogP contribution in [-0.2, 0) is 13.0 Å². The lowest BCUT2D eigenvalue weighted by molar-refractivity contribution is 0.190. The van der Waals surface area contributed by atoms with Gasteiger partial charge in [0.05, 0.1) is 13.7 Å². The molecule has 0 saturated heterocycles. The third kappa shape index (κ3) is 6.43. The van der Waals surface area contributed by atoms with Crippen molar-refractivity contribution in [3.8, 4) is 11.5 Å². The molecular weight excluding hydrogens is 346 g/mol. The highest BCUT2D eigenvalue weighted by molar-refractivity contribution is 5.32. The Morgan fingerprint density at radius 3 is 2.11 bits per heavy atom. The van der Waals surface area contributed by atoms with Crippen molar-refractivity contribution in [3.05, 3.63) is 96.1 Å². The molecule has 3 heteroatoms. The molecule has 3 rings (SSSR count). The molecule has 0 aliphatic carbocycles. The summed E-state index contributed by atoms with van der Waals surface area (Å²) in [7, 11) is 3.85. The van der Waals surface area contributed by atoms with Crippen LogP contribution in [0.15, 0.2) is 84.9 Å². The topological polar surface area (TPSA) is 21.7 Å². The Kier molecular flexibility index (Phi) is 7.51. The van der Waals surface area contributed by atoms with Crippen molar-refractivity contribution in [1.82, 2.24) is 4.90 Å². The SMILES string of the molecule is COc1cccc(OCC(Cc2ccccc2)CN(C)Cc2ccccc2)c1. The fraction of sp³-hybridized carbons (Fsp3) is 0.280. The summed E-state index contributed by atoms with van der Waals surface area (Å²) in [6.07, 6.45) is 0.990. The summed E-state index contributed by atoms with van der Waals surface area (Å²) >= 11 is 0. The van der Waals surface area contributed by atoms with Gasteiger partial charge >= 0.3 is 0 Å². The van der Waals surface area contributed by atoms with Crippen molar-refractivity contribution in [2.75, 3.05) is 27.3 Å². The van der Waals surface area contributed by atoms with Crippen LogP contribution in [0.5, 0.6) is 11.5 Å². The van der Waals surface area contributed by atoms with Gasteiger partial charge in [-0.2, -0.15) is 0 Å². The highest BCUT2D eigenvalue weighted by Crippen LogP contribution is 2.20. The van der Waals surface area contributed by atoms with Gasteiger partial charge in [0.1, 0.15) is 11.5 Å². The standard InChI is InChI=1S/C25H29NO2/c1-26(18-22-12-7-4-8-13-22)19-23(16-21-10-5-3-6-11-21)20-28-25-15-9-14-24(17-25)27-2/h3-15,17,23H,16,18-20H2,1-2H3. The molecule has 0 fully saturated rings. The molecule has 28 heavy (non-hydrogen) atoms. The van der Waals surface area contributed by atoms with Gasteiger partial charge in [-0.25, -0.2) is 0 Å². The van der Waals surface area contributed by atoms with Gasteiger partial charge in [-0.05, 0) is 36.7 Å². The van der Waals surface area contributed by atoms with Gasteiger partial charge in [0.25, 0.3) is 0 Å². The number of benzene rings is 3. The zero-order valence-electron chi connectivity index (χ0n) is 16.8. The van der Waals surface area contributed by atoms with Crippen molar-refractivity contribution < 1.29 is 9.47 Å². The van der Waals surface area contributed by atoms with Crippen LogP contribution in [0.25, 0.3) is 0 Å². The van der Waals surface area contributed by atoms with Crippen molar-refractivity contribution in [2.45, 2.75) is 13.0 Å². The van der Waals surface area contributed by atoms with Gasteiger partial charge in [-0.15, -0.1) is 0 Å². The van der Waals surface area contributed by atoms with Crippen molar-refractivity contribution >= 4 is 0 Å². The average Bonchev–Trinajstić information content (AvgIpc) is 2.73. The molecule has 1 unspecified atom stereocenters. The zero-order chi connectivity index (χ0) is 19.6. The monoisotopic (exact) mass is 375 g/mol. The summed E-state index contributed by atoms with van der Waals surface area (Å²) in [5, 5.41) is 0. The quantitative estimate of drug-likeness (QED) is 0.494. The minimum absolute atomic E-state index is 0.391. The summed E-state index contributed by atoms with van der Waals surface area (Å²) in [5.74, 6) is 2.06. The maximum Gasteiger partial charge on any atom is 0.122 e. The third-order valence-corrected chi connectivity index (χ3v) is 4.76. The van der Waals surface area contributed by atoms with Gasteiger partial charge in [0, 0.05) is 25.1 Å². The van der Waals surface area contributed by atoms with Gasteiger partial charge in [-0.3, -0.25) is 0 Å². The number of ether oxygens (including phenoxy) is 2. The second-order valence-corrected chi connectivity index (χ2v) is 7.23. The lowest BCUT2D eigenvalue weighted by atomic mass is 9.99. The highest BCUT2D eigenvalue weighted by atomic mass is 16.5. The molecule has 0 radical (unpaired) electrons. The maximum atomic E-state index is 6.13. The largest absolute Gasteiger partial charge is 0.497 e. The van der Waals surface area contributed by atoms with Crippen LogP contribution in [0.2, 0.25) is 0 Å². The summed E-state index contributed by atoms with van der Waals surface area (Å²) in [4.78, 5) is 2.37. The van der Waals surface area contributed by atoms with E-state index in [0.717, 1.165) is 31.0 Å². The van der Waals surface area contributed by atoms with Crippen LogP contribution in [0.3, 0.4) is 0 Å². The van der Waals surface area contributed by atoms with Gasteiger partial charge in [0.2, 0.25) is 0 Å². The Balaban J connectivity index is 1.63. The van der Waals surface area contributed by atoms with E-state index in [2.05, 4.69) is 72.6 Å². The zero-order valence-corrected chi connectivity index (χ0v) is 16.8. The first-order chi connectivity index (χ1) is 13.7. The van der Waals surface area contributed by atoms with E-state index >= 15 is 0 Å². The summed E-state index contributed by atoms with van der Waals surface area (Å²) in [6, 6.07) is 29.1. The molecule has 3 aromatic carbocycles. The van der Waals surface area contributed by atoms with Crippen LogP contribution in [0, 0.1) is 5.92 Å². The van der Waals surface area contributed by atoms with Crippen LogP contribution in [0.1, 0.15) is 11.1 Å². The Labute approximate surface area is 168 Å². The van der Waals surface area contributed by atoms with Gasteiger partial charge in [-0.1, -0.05) is 66.7 Å². The molecular formula is C25H29NO2. The van der Waals surface area contributed by atoms with E-state index in [4.69, 9.17) is 9.47 Å². The number of nitrogens with zero attached hydrogens (tertiary/aromatic N) is 1. The second-order valence-electron chi connectivity index (χ2n) is 7.23. The van der Waals surface area contributed by atoms with E-state index in [1.807, 2.05) is 24.3 Å². The first kappa shape index (κ1) is 20.0. The van der Waals surface area contributed by atoms with E-state index in [1.54, 1.807) is 7.11 Å². The number of rotatable bonds is 10. The first-order valence-corrected chi connectivity index (χ1v) is 9.76. The number of hydrogen-bond donors (Lipinski definition) is 0. The summed E-state index contributed by atoms with van der Waals surface area (Å²) in [5.41, 5.74) is 2.67. The van der Waals surface area contributed by atoms with Crippen LogP contribution < -0.4 is 9.47 Å². The third-order valence-electron chi connectivity index (χ3n) is 4.76. The molecule has 0 amide bonds. The van der Waals surface area contributed by atoms with E-state index in [0.29, 0.717) is 12.5 Å². The molecule has 1 atom stereocenters. The second kappa shape index (κ2) is 10.5. The number of hydrogen-bond acceptors (Lipinski definition) is 3. The van der Waals surface area contributed by atoms with E-state index in [9.17, 15) is 0 Å². The average molecular weight is 376 g/mol. The molecule has 0 spiro atoms. The van der Waals surface area contributed by atoms with Gasteiger partial charge in [0.15, 0.2) is 0 Å². The minimum Gasteiger partial charge on any atom is -0.497 e. The highest BCUT2D eigenvalue weighted by Gasteiger charge is 2.14. The number of methoxy groups -OCH3 is 1. The Morgan fingerprint density at radius 2 is 1.43 bits per heavy atom. The Hall–Kier alpha value is -2.78. The van der Waals surface area contributed by atoms with E-state index < -0.39 is 0 Å². The van der Waals surface area contributed by atoms with E-state index in [1.165, 1.54) is 11.1 Å². The Bertz CT molecular complexity index is 820. The van der Waals surface area contributed by atoms with Crippen LogP contribution in [-0.4, -0.2) is 32.2 Å². The summed E-state index contributed by atoms with van der Waals surface area (Å²) < 4.78 is 11.4. The van der Waals surface area contributed by atoms with Crippen LogP contribution >= 0.6 is 0 Å². The summed E-state index contributed by atoms with van der Waals surface area (Å²) in [6.45, 7) is 2.57. The lowest BCUT2D eigenvalue weighted by Gasteiger charge is -2.24. The molecule has 146 valence electrons. The molecule has 0 aliphatic heterocycles. The van der Waals surface area contributed by atoms with E-state index in [-0.39, 0.29) is 0 Å².